The molecule has 0 aliphatic carbocycles. The molecule has 0 saturated carbocycles. The number of halogens is 1. The first-order valence-corrected chi connectivity index (χ1v) is 8.90. The lowest BCUT2D eigenvalue weighted by Gasteiger charge is -2.09. The molecule has 0 saturated heterocycles. The number of rotatable bonds is 5. The summed E-state index contributed by atoms with van der Waals surface area (Å²) < 4.78 is 5.64. The average molecular weight is 374 g/mol. The third kappa shape index (κ3) is 4.61. The van der Waals surface area contributed by atoms with Crippen LogP contribution in [0.2, 0.25) is 5.02 Å². The number of nitrogens with one attached hydrogen (secondary N) is 1. The van der Waals surface area contributed by atoms with Crippen LogP contribution in [-0.4, -0.2) is 21.4 Å². The van der Waals surface area contributed by atoms with Crippen LogP contribution in [-0.2, 0) is 4.79 Å². The van der Waals surface area contributed by atoms with Crippen molar-refractivity contribution in [3.05, 3.63) is 59.1 Å². The number of thioether (sulfide) groups is 1. The van der Waals surface area contributed by atoms with E-state index in [-0.39, 0.29) is 5.91 Å². The van der Waals surface area contributed by atoms with Crippen LogP contribution in [0, 0.1) is 6.92 Å². The molecular formula is C18H16ClN3O2S. The minimum atomic E-state index is -0.398. The molecule has 0 spiro atoms. The van der Waals surface area contributed by atoms with E-state index < -0.39 is 5.25 Å². The Labute approximate surface area is 154 Å². The highest BCUT2D eigenvalue weighted by Gasteiger charge is 2.19. The highest BCUT2D eigenvalue weighted by Crippen LogP contribution is 2.27. The predicted molar refractivity (Wildman–Crippen MR) is 99.9 cm³/mol. The first-order valence-electron chi connectivity index (χ1n) is 7.65. The third-order valence-corrected chi connectivity index (χ3v) is 4.61. The van der Waals surface area contributed by atoms with E-state index in [2.05, 4.69) is 15.5 Å². The number of carbonyl (C=O) groups excluding carboxylic acids is 1. The van der Waals surface area contributed by atoms with Gasteiger partial charge in [0.05, 0.1) is 5.25 Å². The summed E-state index contributed by atoms with van der Waals surface area (Å²) in [4.78, 5) is 12.3. The molecule has 0 bridgehead atoms. The number of aromatic nitrogens is 2. The Morgan fingerprint density at radius 2 is 1.96 bits per heavy atom. The fourth-order valence-corrected chi connectivity index (χ4v) is 2.96. The van der Waals surface area contributed by atoms with Crippen molar-refractivity contribution >= 4 is 35.0 Å². The highest BCUT2D eigenvalue weighted by molar-refractivity contribution is 8.00. The van der Waals surface area contributed by atoms with E-state index in [0.29, 0.717) is 21.8 Å². The fourth-order valence-electron chi connectivity index (χ4n) is 2.09. The van der Waals surface area contributed by atoms with Crippen LogP contribution < -0.4 is 5.32 Å². The normalized spacial score (nSPS) is 12.0. The Balaban J connectivity index is 1.63. The van der Waals surface area contributed by atoms with Gasteiger partial charge in [-0.2, -0.15) is 0 Å². The van der Waals surface area contributed by atoms with Crippen molar-refractivity contribution in [1.82, 2.24) is 10.2 Å². The van der Waals surface area contributed by atoms with Crippen molar-refractivity contribution in [3.8, 4) is 11.5 Å². The van der Waals surface area contributed by atoms with Gasteiger partial charge in [-0.1, -0.05) is 47.1 Å². The van der Waals surface area contributed by atoms with Crippen LogP contribution in [0.25, 0.3) is 11.5 Å². The number of benzene rings is 2. The van der Waals surface area contributed by atoms with Gasteiger partial charge in [-0.15, -0.1) is 10.2 Å². The zero-order chi connectivity index (χ0) is 17.8. The molecule has 0 fully saturated rings. The second-order valence-electron chi connectivity index (χ2n) is 5.50. The van der Waals surface area contributed by atoms with Gasteiger partial charge in [0.15, 0.2) is 0 Å². The van der Waals surface area contributed by atoms with Crippen LogP contribution in [0.5, 0.6) is 0 Å². The van der Waals surface area contributed by atoms with Crippen molar-refractivity contribution in [2.24, 2.45) is 0 Å². The Morgan fingerprint density at radius 3 is 2.68 bits per heavy atom. The standard InChI is InChI=1S/C18H16ClN3O2S/c1-11-6-8-13(9-7-11)17-21-22-18(24-17)25-12(2)16(23)20-15-5-3-4-14(19)10-15/h3-10,12H,1-2H3,(H,20,23)/t12-/m0/s1. The molecule has 0 radical (unpaired) electrons. The molecule has 3 rings (SSSR count). The second-order valence-corrected chi connectivity index (χ2v) is 7.23. The van der Waals surface area contributed by atoms with E-state index >= 15 is 0 Å². The fraction of sp³-hybridized carbons (Fsp3) is 0.167. The van der Waals surface area contributed by atoms with E-state index in [1.807, 2.05) is 31.2 Å². The van der Waals surface area contributed by atoms with Gasteiger partial charge >= 0.3 is 0 Å². The van der Waals surface area contributed by atoms with Crippen molar-refractivity contribution in [2.45, 2.75) is 24.3 Å². The van der Waals surface area contributed by atoms with Crippen molar-refractivity contribution in [2.75, 3.05) is 5.32 Å². The van der Waals surface area contributed by atoms with Crippen LogP contribution in [0.15, 0.2) is 58.2 Å². The largest absolute Gasteiger partial charge is 0.411 e. The molecule has 7 heteroatoms. The molecule has 0 aliphatic rings. The number of hydrogen-bond acceptors (Lipinski definition) is 5. The van der Waals surface area contributed by atoms with Crippen LogP contribution >= 0.6 is 23.4 Å². The SMILES string of the molecule is Cc1ccc(-c2nnc(S[C@@H](C)C(=O)Nc3cccc(Cl)c3)o2)cc1. The van der Waals surface area contributed by atoms with E-state index in [0.717, 1.165) is 11.1 Å². The number of hydrogen-bond donors (Lipinski definition) is 1. The van der Waals surface area contributed by atoms with Gasteiger partial charge in [0.1, 0.15) is 0 Å². The molecule has 3 aromatic rings. The monoisotopic (exact) mass is 373 g/mol. The van der Waals surface area contributed by atoms with Gasteiger partial charge in [0, 0.05) is 16.3 Å². The number of anilines is 1. The van der Waals surface area contributed by atoms with Crippen molar-refractivity contribution in [3.63, 3.8) is 0 Å². The molecular weight excluding hydrogens is 358 g/mol. The summed E-state index contributed by atoms with van der Waals surface area (Å²) in [7, 11) is 0. The van der Waals surface area contributed by atoms with Gasteiger partial charge in [-0.3, -0.25) is 4.79 Å². The topological polar surface area (TPSA) is 68.0 Å². The van der Waals surface area contributed by atoms with Crippen LogP contribution in [0.1, 0.15) is 12.5 Å². The van der Waals surface area contributed by atoms with E-state index in [1.165, 1.54) is 11.8 Å². The van der Waals surface area contributed by atoms with Gasteiger partial charge in [0.2, 0.25) is 11.8 Å². The maximum Gasteiger partial charge on any atom is 0.277 e. The maximum atomic E-state index is 12.3. The Morgan fingerprint density at radius 1 is 1.20 bits per heavy atom. The van der Waals surface area contributed by atoms with E-state index in [9.17, 15) is 4.79 Å². The lowest BCUT2D eigenvalue weighted by Crippen LogP contribution is -2.22. The van der Waals surface area contributed by atoms with Gasteiger partial charge < -0.3 is 9.73 Å². The molecule has 1 aromatic heterocycles. The molecule has 5 nitrogen and oxygen atoms in total. The summed E-state index contributed by atoms with van der Waals surface area (Å²) in [6, 6.07) is 14.8. The molecule has 2 aromatic carbocycles. The molecule has 0 aliphatic heterocycles. The maximum absolute atomic E-state index is 12.3. The van der Waals surface area contributed by atoms with Gasteiger partial charge in [-0.05, 0) is 44.2 Å². The average Bonchev–Trinajstić information content (AvgIpc) is 3.04. The minimum Gasteiger partial charge on any atom is -0.411 e. The zero-order valence-electron chi connectivity index (χ0n) is 13.7. The highest BCUT2D eigenvalue weighted by atomic mass is 35.5. The lowest BCUT2D eigenvalue weighted by atomic mass is 10.1. The van der Waals surface area contributed by atoms with Gasteiger partial charge in [-0.25, -0.2) is 0 Å². The minimum absolute atomic E-state index is 0.164. The summed E-state index contributed by atoms with van der Waals surface area (Å²) >= 11 is 7.13. The summed E-state index contributed by atoms with van der Waals surface area (Å²) in [5.74, 6) is 0.271. The van der Waals surface area contributed by atoms with Gasteiger partial charge in [0.25, 0.3) is 5.22 Å². The summed E-state index contributed by atoms with van der Waals surface area (Å²) in [5, 5.41) is 11.4. The van der Waals surface area contributed by atoms with E-state index in [4.69, 9.17) is 16.0 Å². The Bertz CT molecular complexity index is 880. The zero-order valence-corrected chi connectivity index (χ0v) is 15.3. The molecule has 0 unspecified atom stereocenters. The molecule has 128 valence electrons. The van der Waals surface area contributed by atoms with Crippen LogP contribution in [0.3, 0.4) is 0 Å². The molecule has 1 atom stereocenters. The first-order chi connectivity index (χ1) is 12.0. The van der Waals surface area contributed by atoms with Crippen molar-refractivity contribution in [1.29, 1.82) is 0 Å². The summed E-state index contributed by atoms with van der Waals surface area (Å²) in [5.41, 5.74) is 2.65. The summed E-state index contributed by atoms with van der Waals surface area (Å²) in [6.07, 6.45) is 0. The quantitative estimate of drug-likeness (QED) is 0.649. The summed E-state index contributed by atoms with van der Waals surface area (Å²) in [6.45, 7) is 3.79. The number of aryl methyl sites for hydroxylation is 1. The Hall–Kier alpha value is -2.31. The smallest absolute Gasteiger partial charge is 0.277 e. The Kier molecular flexibility index (Phi) is 5.40. The second kappa shape index (κ2) is 7.72. The molecule has 1 amide bonds. The third-order valence-electron chi connectivity index (χ3n) is 3.44. The first kappa shape index (κ1) is 17.5. The molecule has 25 heavy (non-hydrogen) atoms. The number of nitrogens with zero attached hydrogens (tertiary/aromatic N) is 2. The lowest BCUT2D eigenvalue weighted by molar-refractivity contribution is -0.115. The van der Waals surface area contributed by atoms with Crippen molar-refractivity contribution < 1.29 is 9.21 Å². The predicted octanol–water partition coefficient (Wildman–Crippen LogP) is 4.82. The number of carbonyl (C=O) groups is 1. The molecule has 1 heterocycles. The van der Waals surface area contributed by atoms with Crippen LogP contribution in [0.4, 0.5) is 5.69 Å². The number of amides is 1. The van der Waals surface area contributed by atoms with E-state index in [1.54, 1.807) is 31.2 Å². The molecule has 1 N–H and O–H groups in total.